The maximum Gasteiger partial charge on any atom is 0.204 e. The van der Waals surface area contributed by atoms with Gasteiger partial charge in [-0.25, -0.2) is 49.8 Å². The number of imidazole rings is 5. The van der Waals surface area contributed by atoms with E-state index >= 15 is 0 Å². The van der Waals surface area contributed by atoms with Gasteiger partial charge in [0.05, 0.1) is 59.0 Å². The number of nitrogens with zero attached hydrogens (tertiary/aromatic N) is 15. The van der Waals surface area contributed by atoms with Crippen molar-refractivity contribution in [2.75, 3.05) is 155 Å². The van der Waals surface area contributed by atoms with Gasteiger partial charge in [0.25, 0.3) is 0 Å². The number of fused-ring (bicyclic) bond motifs is 5. The molecule has 0 radical (unpaired) electrons. The molecule has 0 aliphatic carbocycles. The number of aliphatic hydroxyl groups is 10. The van der Waals surface area contributed by atoms with Crippen LogP contribution in [0.5, 0.6) is 0 Å². The normalized spacial score (nSPS) is 26.2. The molecule has 10 aromatic heterocycles. The Kier molecular flexibility index (Phi) is 37.9. The molecule has 0 amide bonds. The lowest BCUT2D eigenvalue weighted by atomic mass is 10.1. The predicted molar refractivity (Wildman–Crippen MR) is 564 cm³/mol. The molecule has 0 aromatic carbocycles. The summed E-state index contributed by atoms with van der Waals surface area (Å²) in [5, 5.41) is 109. The summed E-state index contributed by atoms with van der Waals surface area (Å²) in [5.41, 5.74) is 44.3. The van der Waals surface area contributed by atoms with Crippen molar-refractivity contribution >= 4 is 203 Å². The second-order valence-corrected chi connectivity index (χ2v) is 64.3. The summed E-state index contributed by atoms with van der Waals surface area (Å²) in [4.78, 5) is 44.7. The lowest BCUT2D eigenvalue weighted by molar-refractivity contribution is -0.0400. The molecule has 20 atom stereocenters. The van der Waals surface area contributed by atoms with Crippen molar-refractivity contribution in [3.8, 4) is 0 Å². The summed E-state index contributed by atoms with van der Waals surface area (Å²) >= 11 is 6.30. The van der Waals surface area contributed by atoms with Gasteiger partial charge in [-0.1, -0.05) is 94.0 Å². The van der Waals surface area contributed by atoms with Crippen LogP contribution in [0.1, 0.15) is 129 Å². The van der Waals surface area contributed by atoms with Crippen LogP contribution in [0.15, 0.2) is 81.9 Å². The number of aromatic nitrogens is 15. The monoisotopic (exact) mass is 2030 g/mol. The molecule has 134 heavy (non-hydrogen) atoms. The average Bonchev–Trinajstić information content (AvgIpc) is 1.61. The second kappa shape index (κ2) is 46.7. The van der Waals surface area contributed by atoms with Crippen molar-refractivity contribution < 1.29 is 74.7 Å². The number of hydrogen-bond acceptors (Lipinski definition) is 35. The molecule has 22 N–H and O–H groups in total. The number of ether oxygens (including phenoxy) is 5. The van der Waals surface area contributed by atoms with Gasteiger partial charge in [-0.05, 0) is 185 Å². The maximum absolute atomic E-state index is 10.8. The van der Waals surface area contributed by atoms with Crippen LogP contribution in [0.25, 0.3) is 55.8 Å². The summed E-state index contributed by atoms with van der Waals surface area (Å²) < 4.78 is 39.0. The molecule has 0 spiro atoms. The quantitative estimate of drug-likeness (QED) is 0.0101. The number of unbranched alkanes of at least 4 members (excludes halogenated alkanes) is 3. The van der Waals surface area contributed by atoms with Crippen LogP contribution in [0, 0.1) is 0 Å². The van der Waals surface area contributed by atoms with Crippen molar-refractivity contribution in [1.29, 1.82) is 0 Å². The molecule has 5 fully saturated rings. The molecule has 10 aromatic rings. The van der Waals surface area contributed by atoms with Gasteiger partial charge in [0, 0.05) is 48.2 Å². The first kappa shape index (κ1) is 109. The standard InChI is InChI=1S/C20H33N4O3PS.C19H31N4O3PS.C18H29N4O3PS.C17H27N4O3PS.C15H24N5O3P/c1-5-6-7-12-29-20-23-15-13(21)8-10-22-18(15)24(20)19-17(26)16(25)14(27-19)9-11-28(2,3)4;1-5-6-11-28-19-22-14-12(20)7-9-21-17(14)23(19)18-16(25)15(24)13(26-18)8-10-27(2,3)4;1-5-10-27-18-21-13-11(19)6-8-20-16(13)22(18)17-15(24)14(23)12(25-17)7-9-26(2,3)4;1-5-26-17-20-12-10(18)6-8-19-15(12)21(17)16-14(23)13(22)11(24-16)7-9-25(2,3)4;1-24(2,3)7-5-9-11(21)12(22)14(23-9)20-13-10(19-15(20)17)8(16)4-6-18-13/h8,10,14,16-17,19,25-26H,2,5-7,9,11-12H2,1,3-4H3,(H2,21,22);7,9,13,15-16,18,24-25H,2,5-6,8,10-11H2,1,3-4H3,(H2,20,21);6,8,12,14-15,17,23-24H,2,5,7,9-10H2,1,3-4H3,(H2,19,20);6,8,11,13-14,16,22-23H,2,5,7,9H2,1,3-4H3,(H2,18,19);4,6,9,11-12,14,21-22H,1,5,7H2,2-3H3,(H2,16,18)(H2,17,19)/t14?,16-,17-,19-;13?,15-,16-,18-;12?,14-,15-,17-;11?,13-,14-,16-;9?,11-,12-,14-/m11111/s1. The minimum absolute atomic E-state index is 0.136. The third-order valence-electron chi connectivity index (χ3n) is 23.4. The summed E-state index contributed by atoms with van der Waals surface area (Å²) in [6, 6.07) is 8.46. The van der Waals surface area contributed by atoms with Crippen LogP contribution in [0.3, 0.4) is 0 Å². The molecule has 45 heteroatoms. The first-order valence-electron chi connectivity index (χ1n) is 45.4. The van der Waals surface area contributed by atoms with Gasteiger partial charge in [0.15, 0.2) is 80.0 Å². The Morgan fingerprint density at radius 3 is 0.761 bits per heavy atom. The van der Waals surface area contributed by atoms with E-state index in [-0.39, 0.29) is 5.95 Å². The molecule has 0 saturated carbocycles. The molecule has 744 valence electrons. The Morgan fingerprint density at radius 1 is 0.299 bits per heavy atom. The van der Waals surface area contributed by atoms with Crippen molar-refractivity contribution in [1.82, 2.24) is 72.7 Å². The highest BCUT2D eigenvalue weighted by atomic mass is 32.2. The molecule has 36 nitrogen and oxygen atoms in total. The number of anilines is 6. The van der Waals surface area contributed by atoms with Crippen molar-refractivity contribution in [3.63, 3.8) is 0 Å². The predicted octanol–water partition coefficient (Wildman–Crippen LogP) is 10.0. The van der Waals surface area contributed by atoms with Gasteiger partial charge in [-0.3, -0.25) is 22.8 Å². The van der Waals surface area contributed by atoms with E-state index in [1.165, 1.54) is 16.3 Å². The number of nitrogen functional groups attached to an aromatic ring is 6. The van der Waals surface area contributed by atoms with Gasteiger partial charge in [-0.2, -0.15) is 0 Å². The minimum atomic E-state index is -1.25. The van der Waals surface area contributed by atoms with E-state index in [1.807, 2.05) is 6.92 Å². The third kappa shape index (κ3) is 26.7. The van der Waals surface area contributed by atoms with Gasteiger partial charge in [0.1, 0.15) is 88.6 Å². The number of pyridine rings is 5. The van der Waals surface area contributed by atoms with E-state index < -0.39 is 157 Å². The number of hydrogen-bond donors (Lipinski definition) is 16. The van der Waals surface area contributed by atoms with Crippen molar-refractivity contribution in [3.05, 3.63) is 61.3 Å². The Labute approximate surface area is 803 Å². The van der Waals surface area contributed by atoms with E-state index in [4.69, 9.17) is 58.1 Å². The highest BCUT2D eigenvalue weighted by Crippen LogP contribution is 2.49. The van der Waals surface area contributed by atoms with Crippen LogP contribution >= 0.6 is 81.5 Å². The third-order valence-corrected chi connectivity index (χ3v) is 34.8. The number of aliphatic hydroxyl groups excluding tert-OH is 10. The molecule has 15 heterocycles. The molecule has 0 bridgehead atoms. The topological polar surface area (TPSA) is 558 Å². The largest absolute Gasteiger partial charge is 0.397 e. The maximum atomic E-state index is 10.8. The van der Waals surface area contributed by atoms with E-state index in [0.717, 1.165) is 92.3 Å². The van der Waals surface area contributed by atoms with Crippen LogP contribution in [0.4, 0.5) is 34.4 Å². The van der Waals surface area contributed by atoms with E-state index in [1.54, 1.807) is 115 Å². The highest BCUT2D eigenvalue weighted by molar-refractivity contribution is 7.99. The Bertz CT molecular complexity index is 5870. The van der Waals surface area contributed by atoms with Crippen molar-refractivity contribution in [2.24, 2.45) is 0 Å². The molecule has 5 unspecified atom stereocenters. The first-order chi connectivity index (χ1) is 63.1. The van der Waals surface area contributed by atoms with Gasteiger partial charge >= 0.3 is 0 Å². The number of rotatable bonds is 34. The molecule has 5 aliphatic heterocycles. The van der Waals surface area contributed by atoms with E-state index in [9.17, 15) is 51.1 Å². The molecular formula is C89H144N21O15P5S4. The summed E-state index contributed by atoms with van der Waals surface area (Å²) in [6.45, 7) is 23.7. The molecular weight excluding hydrogens is 1890 g/mol. The van der Waals surface area contributed by atoms with Crippen LogP contribution in [0.2, 0.25) is 0 Å². The van der Waals surface area contributed by atoms with Crippen LogP contribution < -0.4 is 34.4 Å². The molecule has 5 saturated heterocycles. The second-order valence-electron chi connectivity index (χ2n) is 38.3. The number of nitrogens with two attached hydrogens (primary N) is 6. The SMILES string of the molecule is C=P(C)(C)CCC1O[C@@H](n2c(N)nc3c(N)ccnc32)[C@H](O)[C@@H]1O.C=P(C)(C)CCC1O[C@@H](n2c(SCC)nc3c(N)ccnc32)[C@H](O)[C@@H]1O.C=P(C)(C)CCC1O[C@@H](n2c(SCCC)nc3c(N)ccnc32)[C@H](O)[C@@H]1O.C=P(C)(C)CCC1O[C@@H](n2c(SCCCC)nc3c(N)ccnc32)[C@H](O)[C@@H]1O.C=P(C)(C)CCC1O[C@@H](n2c(SCCCCC)nc3c(N)ccnc32)[C@H](O)[C@@H]1O. The highest BCUT2D eigenvalue weighted by Gasteiger charge is 2.51. The number of thioether (sulfide) groups is 4. The first-order valence-corrected chi connectivity index (χ1v) is 64.6. The van der Waals surface area contributed by atoms with Gasteiger partial charge in [0.2, 0.25) is 5.95 Å². The Morgan fingerprint density at radius 2 is 0.522 bits per heavy atom. The lowest BCUT2D eigenvalue weighted by Gasteiger charge is -2.20. The zero-order valence-corrected chi connectivity index (χ0v) is 87.3. The Hall–Kier alpha value is -5.80. The van der Waals surface area contributed by atoms with E-state index in [0.29, 0.717) is 137 Å². The Balaban J connectivity index is 0.000000161. The minimum Gasteiger partial charge on any atom is -0.397 e. The smallest absolute Gasteiger partial charge is 0.204 e. The summed E-state index contributed by atoms with van der Waals surface area (Å²) in [5.74, 6) is 3.62. The van der Waals surface area contributed by atoms with Gasteiger partial charge in [-0.15, -0.1) is 65.9 Å². The summed E-state index contributed by atoms with van der Waals surface area (Å²) in [7, 11) is 0. The average molecular weight is 2030 g/mol. The van der Waals surface area contributed by atoms with Gasteiger partial charge < -0.3 is 109 Å². The summed E-state index contributed by atoms with van der Waals surface area (Å²) in [6.07, 6.45) is 27.1. The fraction of sp³-hybridized carbons (Fsp3) is 0.607. The zero-order chi connectivity index (χ0) is 98.1. The molecule has 15 rings (SSSR count). The van der Waals surface area contributed by atoms with E-state index in [2.05, 4.69) is 169 Å². The fourth-order valence-electron chi connectivity index (χ4n) is 16.0. The fourth-order valence-corrected chi connectivity index (χ4v) is 24.5. The van der Waals surface area contributed by atoms with Crippen LogP contribution in [-0.2, 0) is 23.7 Å². The zero-order valence-electron chi connectivity index (χ0n) is 79.6. The van der Waals surface area contributed by atoms with Crippen molar-refractivity contribution in [2.45, 2.75) is 242 Å². The molecule has 5 aliphatic rings. The van der Waals surface area contributed by atoms with Crippen LogP contribution in [-0.4, -0.2) is 367 Å². The lowest BCUT2D eigenvalue weighted by Crippen LogP contribution is -2.32.